The van der Waals surface area contributed by atoms with Gasteiger partial charge in [-0.3, -0.25) is 0 Å². The molecule has 1 saturated heterocycles. The Kier molecular flexibility index (Phi) is 4.38. The van der Waals surface area contributed by atoms with Crippen LogP contribution in [-0.4, -0.2) is 22.2 Å². The van der Waals surface area contributed by atoms with Crippen LogP contribution in [0.25, 0.3) is 0 Å². The average Bonchev–Trinajstić information content (AvgIpc) is 2.14. The molecule has 0 aromatic carbocycles. The van der Waals surface area contributed by atoms with Gasteiger partial charge in [-0.2, -0.15) is 0 Å². The quantitative estimate of drug-likeness (QED) is 0.751. The van der Waals surface area contributed by atoms with Gasteiger partial charge < -0.3 is 5.73 Å². The number of nitrogens with zero attached hydrogens (tertiary/aromatic N) is 1. The van der Waals surface area contributed by atoms with Crippen molar-refractivity contribution < 1.29 is 5.21 Å². The van der Waals surface area contributed by atoms with Crippen LogP contribution in [0.15, 0.2) is 0 Å². The maximum Gasteiger partial charge on any atom is 0.0486 e. The Bertz CT molecular complexity index is 230. The number of hydrogen-bond acceptors (Lipinski definition) is 2. The van der Waals surface area contributed by atoms with Crippen molar-refractivity contribution in [1.29, 1.82) is 0 Å². The molecule has 0 amide bonds. The molecule has 95 valence electrons. The predicted octanol–water partition coefficient (Wildman–Crippen LogP) is 2.87. The first-order valence-electron chi connectivity index (χ1n) is 6.55. The Hall–Kier alpha value is -0.120. The third-order valence-corrected chi connectivity index (χ3v) is 3.82. The normalized spacial score (nSPS) is 35.2. The number of rotatable bonds is 4. The molecule has 0 aromatic rings. The molecule has 0 spiro atoms. The SMILES string of the molecule is CCCCCC1(C)CC(N)CC(C)(C)N1[O]. The van der Waals surface area contributed by atoms with E-state index < -0.39 is 0 Å². The molecule has 2 unspecified atom stereocenters. The molecular weight excluding hydrogens is 200 g/mol. The molecule has 2 N–H and O–H groups in total. The molecule has 3 nitrogen and oxygen atoms in total. The van der Waals surface area contributed by atoms with E-state index in [1.54, 1.807) is 0 Å². The molecule has 2 atom stereocenters. The third-order valence-electron chi connectivity index (χ3n) is 3.82. The van der Waals surface area contributed by atoms with Crippen LogP contribution < -0.4 is 5.73 Å². The Balaban J connectivity index is 2.68. The van der Waals surface area contributed by atoms with E-state index in [-0.39, 0.29) is 17.1 Å². The van der Waals surface area contributed by atoms with Gasteiger partial charge >= 0.3 is 0 Å². The smallest absolute Gasteiger partial charge is 0.0486 e. The van der Waals surface area contributed by atoms with E-state index in [1.807, 2.05) is 13.8 Å². The number of piperidine rings is 1. The summed E-state index contributed by atoms with van der Waals surface area (Å²) >= 11 is 0. The van der Waals surface area contributed by atoms with Crippen molar-refractivity contribution in [2.24, 2.45) is 5.73 Å². The van der Waals surface area contributed by atoms with Crippen molar-refractivity contribution in [3.63, 3.8) is 0 Å². The lowest BCUT2D eigenvalue weighted by molar-refractivity contribution is -0.295. The van der Waals surface area contributed by atoms with E-state index >= 15 is 0 Å². The second-order valence-electron chi connectivity index (χ2n) is 6.23. The Morgan fingerprint density at radius 2 is 1.88 bits per heavy atom. The minimum absolute atomic E-state index is 0.173. The summed E-state index contributed by atoms with van der Waals surface area (Å²) in [5.41, 5.74) is 5.53. The van der Waals surface area contributed by atoms with Gasteiger partial charge in [0.2, 0.25) is 0 Å². The van der Waals surface area contributed by atoms with Gasteiger partial charge in [-0.05, 0) is 40.0 Å². The highest BCUT2D eigenvalue weighted by molar-refractivity contribution is 4.99. The summed E-state index contributed by atoms with van der Waals surface area (Å²) in [5.74, 6) is 0. The summed E-state index contributed by atoms with van der Waals surface area (Å²) in [7, 11) is 0. The van der Waals surface area contributed by atoms with Gasteiger partial charge in [-0.25, -0.2) is 0 Å². The van der Waals surface area contributed by atoms with Gasteiger partial charge in [-0.1, -0.05) is 26.2 Å². The first-order valence-corrected chi connectivity index (χ1v) is 6.55. The summed E-state index contributed by atoms with van der Waals surface area (Å²) in [4.78, 5) is 0. The highest BCUT2D eigenvalue weighted by Crippen LogP contribution is 2.39. The van der Waals surface area contributed by atoms with E-state index in [2.05, 4.69) is 13.8 Å². The minimum atomic E-state index is -0.307. The molecule has 3 heteroatoms. The largest absolute Gasteiger partial charge is 0.328 e. The number of unbranched alkanes of at least 4 members (excludes halogenated alkanes) is 2. The van der Waals surface area contributed by atoms with Crippen molar-refractivity contribution in [3.05, 3.63) is 0 Å². The summed E-state index contributed by atoms with van der Waals surface area (Å²) in [6.07, 6.45) is 6.16. The Morgan fingerprint density at radius 1 is 1.25 bits per heavy atom. The Morgan fingerprint density at radius 3 is 2.44 bits per heavy atom. The topological polar surface area (TPSA) is 49.2 Å². The van der Waals surface area contributed by atoms with Crippen LogP contribution in [-0.2, 0) is 5.21 Å². The molecule has 16 heavy (non-hydrogen) atoms. The van der Waals surface area contributed by atoms with E-state index in [0.29, 0.717) is 0 Å². The third kappa shape index (κ3) is 2.96. The first kappa shape index (κ1) is 13.9. The van der Waals surface area contributed by atoms with Crippen molar-refractivity contribution in [3.8, 4) is 0 Å². The fourth-order valence-electron chi connectivity index (χ4n) is 3.13. The zero-order valence-electron chi connectivity index (χ0n) is 11.3. The molecule has 1 aliphatic rings. The standard InChI is InChI=1S/C13H27N2O/c1-5-6-7-8-13(4)10-11(14)9-12(2,3)15(13)16/h11H,5-10,14H2,1-4H3. The molecule has 1 rings (SSSR count). The monoisotopic (exact) mass is 227 g/mol. The van der Waals surface area contributed by atoms with E-state index in [0.717, 1.165) is 25.7 Å². The van der Waals surface area contributed by atoms with Gasteiger partial charge in [0.05, 0.1) is 0 Å². The molecule has 1 heterocycles. The zero-order valence-corrected chi connectivity index (χ0v) is 11.3. The van der Waals surface area contributed by atoms with Gasteiger partial charge in [0.1, 0.15) is 0 Å². The summed E-state index contributed by atoms with van der Waals surface area (Å²) in [5, 5.41) is 13.7. The fraction of sp³-hybridized carbons (Fsp3) is 1.00. The number of hydrogen-bond donors (Lipinski definition) is 1. The van der Waals surface area contributed by atoms with Gasteiger partial charge in [0.25, 0.3) is 0 Å². The van der Waals surface area contributed by atoms with Crippen LogP contribution in [0.3, 0.4) is 0 Å². The highest BCUT2D eigenvalue weighted by atomic mass is 16.5. The second-order valence-corrected chi connectivity index (χ2v) is 6.23. The fourth-order valence-corrected chi connectivity index (χ4v) is 3.13. The summed E-state index contributed by atoms with van der Waals surface area (Å²) in [6, 6.07) is 0.173. The molecule has 1 fully saturated rings. The highest BCUT2D eigenvalue weighted by Gasteiger charge is 2.47. The van der Waals surface area contributed by atoms with Crippen LogP contribution in [0.5, 0.6) is 0 Å². The molecule has 0 bridgehead atoms. The van der Waals surface area contributed by atoms with Gasteiger partial charge in [0, 0.05) is 17.1 Å². The summed E-state index contributed by atoms with van der Waals surface area (Å²) in [6.45, 7) is 8.29. The first-order chi connectivity index (χ1) is 7.32. The zero-order chi connectivity index (χ0) is 12.4. The van der Waals surface area contributed by atoms with Crippen LogP contribution >= 0.6 is 0 Å². The summed E-state index contributed by atoms with van der Waals surface area (Å²) < 4.78 is 0. The lowest BCUT2D eigenvalue weighted by atomic mass is 9.76. The molecule has 1 aliphatic heterocycles. The second kappa shape index (κ2) is 5.03. The molecule has 1 radical (unpaired) electrons. The molecular formula is C13H27N2O. The molecule has 0 saturated carbocycles. The van der Waals surface area contributed by atoms with Gasteiger partial charge in [0.15, 0.2) is 0 Å². The van der Waals surface area contributed by atoms with E-state index in [4.69, 9.17) is 5.73 Å². The van der Waals surface area contributed by atoms with Crippen molar-refractivity contribution in [1.82, 2.24) is 5.06 Å². The maximum absolute atomic E-state index is 12.4. The van der Waals surface area contributed by atoms with Crippen molar-refractivity contribution >= 4 is 0 Å². The molecule has 0 aliphatic carbocycles. The molecule has 0 aromatic heterocycles. The van der Waals surface area contributed by atoms with Crippen LogP contribution in [0.2, 0.25) is 0 Å². The average molecular weight is 227 g/mol. The van der Waals surface area contributed by atoms with Crippen LogP contribution in [0.1, 0.15) is 66.2 Å². The van der Waals surface area contributed by atoms with Crippen LogP contribution in [0, 0.1) is 0 Å². The van der Waals surface area contributed by atoms with Crippen molar-refractivity contribution in [2.45, 2.75) is 83.3 Å². The van der Waals surface area contributed by atoms with E-state index in [1.165, 1.54) is 17.9 Å². The Labute approximate surface area is 100.0 Å². The minimum Gasteiger partial charge on any atom is -0.328 e. The van der Waals surface area contributed by atoms with Crippen LogP contribution in [0.4, 0.5) is 0 Å². The lowest BCUT2D eigenvalue weighted by Gasteiger charge is -2.51. The lowest BCUT2D eigenvalue weighted by Crippen LogP contribution is -2.62. The van der Waals surface area contributed by atoms with E-state index in [9.17, 15) is 5.21 Å². The number of hydroxylamine groups is 2. The van der Waals surface area contributed by atoms with Gasteiger partial charge in [-0.15, -0.1) is 10.3 Å². The van der Waals surface area contributed by atoms with Crippen molar-refractivity contribution in [2.75, 3.05) is 0 Å². The number of nitrogens with two attached hydrogens (primary N) is 1. The maximum atomic E-state index is 12.4. The predicted molar refractivity (Wildman–Crippen MR) is 66.4 cm³/mol.